The number of ether oxygens (including phenoxy) is 1. The van der Waals surface area contributed by atoms with E-state index in [1.165, 1.54) is 0 Å². The smallest absolute Gasteiger partial charge is 0.234 e. The van der Waals surface area contributed by atoms with Crippen LogP contribution in [0.15, 0.2) is 24.3 Å². The number of rotatable bonds is 7. The monoisotopic (exact) mass is 286 g/mol. The average molecular weight is 287 g/mol. The molecule has 0 bridgehead atoms. The third-order valence-electron chi connectivity index (χ3n) is 2.36. The highest BCUT2D eigenvalue weighted by Gasteiger charge is 2.05. The first-order valence-electron chi connectivity index (χ1n) is 6.25. The van der Waals surface area contributed by atoms with Crippen molar-refractivity contribution in [3.8, 4) is 5.75 Å². The summed E-state index contributed by atoms with van der Waals surface area (Å²) in [5.41, 5.74) is 1.00. The Hall–Kier alpha value is -1.26. The molecule has 19 heavy (non-hydrogen) atoms. The highest BCUT2D eigenvalue weighted by atomic mass is 35.5. The number of benzene rings is 1. The minimum absolute atomic E-state index is 0. The van der Waals surface area contributed by atoms with E-state index in [9.17, 15) is 4.79 Å². The molecule has 4 nitrogen and oxygen atoms in total. The molecule has 5 heteroatoms. The SMILES string of the molecule is CNCC(=O)NCc1ccccc1OCC(C)C.Cl. The van der Waals surface area contributed by atoms with Crippen molar-refractivity contribution in [1.29, 1.82) is 0 Å². The molecule has 0 heterocycles. The summed E-state index contributed by atoms with van der Waals surface area (Å²) in [6.07, 6.45) is 0. The Morgan fingerprint density at radius 2 is 2.00 bits per heavy atom. The third kappa shape index (κ3) is 7.03. The molecular formula is C14H23ClN2O2. The van der Waals surface area contributed by atoms with Gasteiger partial charge in [0, 0.05) is 12.1 Å². The first kappa shape index (κ1) is 17.7. The van der Waals surface area contributed by atoms with Gasteiger partial charge in [0.2, 0.25) is 5.91 Å². The maximum atomic E-state index is 11.4. The van der Waals surface area contributed by atoms with Gasteiger partial charge >= 0.3 is 0 Å². The molecule has 108 valence electrons. The number of nitrogens with one attached hydrogen (secondary N) is 2. The minimum Gasteiger partial charge on any atom is -0.493 e. The maximum Gasteiger partial charge on any atom is 0.234 e. The lowest BCUT2D eigenvalue weighted by molar-refractivity contribution is -0.120. The molecule has 1 rings (SSSR count). The van der Waals surface area contributed by atoms with Gasteiger partial charge in [0.25, 0.3) is 0 Å². The normalized spacial score (nSPS) is 9.89. The first-order chi connectivity index (χ1) is 8.63. The van der Waals surface area contributed by atoms with E-state index < -0.39 is 0 Å². The second-order valence-electron chi connectivity index (χ2n) is 4.62. The molecule has 0 aliphatic heterocycles. The van der Waals surface area contributed by atoms with Crippen molar-refractivity contribution < 1.29 is 9.53 Å². The molecule has 1 aromatic carbocycles. The van der Waals surface area contributed by atoms with Crippen LogP contribution >= 0.6 is 12.4 Å². The van der Waals surface area contributed by atoms with Gasteiger partial charge in [0.05, 0.1) is 13.2 Å². The lowest BCUT2D eigenvalue weighted by atomic mass is 10.2. The Kier molecular flexibility index (Phi) is 9.00. The molecule has 0 aliphatic rings. The topological polar surface area (TPSA) is 50.4 Å². The molecule has 2 N–H and O–H groups in total. The highest BCUT2D eigenvalue weighted by molar-refractivity contribution is 5.85. The van der Waals surface area contributed by atoms with Crippen molar-refractivity contribution in [2.45, 2.75) is 20.4 Å². The molecule has 1 amide bonds. The molecule has 0 unspecified atom stereocenters. The van der Waals surface area contributed by atoms with Crippen LogP contribution in [-0.4, -0.2) is 26.1 Å². The Labute approximate surface area is 121 Å². The maximum absolute atomic E-state index is 11.4. The lowest BCUT2D eigenvalue weighted by Crippen LogP contribution is -2.31. The van der Waals surface area contributed by atoms with Crippen LogP contribution in [0.2, 0.25) is 0 Å². The molecule has 0 saturated heterocycles. The predicted octanol–water partition coefficient (Wildman–Crippen LogP) is 1.98. The molecular weight excluding hydrogens is 264 g/mol. The number of carbonyl (C=O) groups is 1. The van der Waals surface area contributed by atoms with Crippen molar-refractivity contribution in [3.05, 3.63) is 29.8 Å². The summed E-state index contributed by atoms with van der Waals surface area (Å²) >= 11 is 0. The van der Waals surface area contributed by atoms with E-state index >= 15 is 0 Å². The van der Waals surface area contributed by atoms with Crippen molar-refractivity contribution in [2.75, 3.05) is 20.2 Å². The number of halogens is 1. The Morgan fingerprint density at radius 1 is 1.32 bits per heavy atom. The number of hydrogen-bond donors (Lipinski definition) is 2. The van der Waals surface area contributed by atoms with Crippen LogP contribution in [0.25, 0.3) is 0 Å². The second kappa shape index (κ2) is 9.64. The van der Waals surface area contributed by atoms with Crippen LogP contribution in [0.1, 0.15) is 19.4 Å². The van der Waals surface area contributed by atoms with Gasteiger partial charge in [-0.25, -0.2) is 0 Å². The van der Waals surface area contributed by atoms with Gasteiger partial charge in [-0.15, -0.1) is 12.4 Å². The standard InChI is InChI=1S/C14H22N2O2.ClH/c1-11(2)10-18-13-7-5-4-6-12(13)8-16-14(17)9-15-3;/h4-7,11,15H,8-10H2,1-3H3,(H,16,17);1H. The second-order valence-corrected chi connectivity index (χ2v) is 4.62. The Balaban J connectivity index is 0.00000324. The Morgan fingerprint density at radius 3 is 2.63 bits per heavy atom. The van der Waals surface area contributed by atoms with Crippen molar-refractivity contribution in [3.63, 3.8) is 0 Å². The van der Waals surface area contributed by atoms with Crippen molar-refractivity contribution in [1.82, 2.24) is 10.6 Å². The summed E-state index contributed by atoms with van der Waals surface area (Å²) in [4.78, 5) is 11.4. The quantitative estimate of drug-likeness (QED) is 0.806. The van der Waals surface area contributed by atoms with Gasteiger partial charge < -0.3 is 15.4 Å². The van der Waals surface area contributed by atoms with Gasteiger partial charge in [-0.3, -0.25) is 4.79 Å². The molecule has 0 saturated carbocycles. The van der Waals surface area contributed by atoms with E-state index in [0.717, 1.165) is 11.3 Å². The van der Waals surface area contributed by atoms with E-state index in [2.05, 4.69) is 24.5 Å². The van der Waals surface area contributed by atoms with Gasteiger partial charge in [0.15, 0.2) is 0 Å². The Bertz CT molecular complexity index is 383. The van der Waals surface area contributed by atoms with Gasteiger partial charge in [-0.05, 0) is 19.0 Å². The fourth-order valence-corrected chi connectivity index (χ4v) is 1.46. The largest absolute Gasteiger partial charge is 0.493 e. The zero-order chi connectivity index (χ0) is 13.4. The number of para-hydroxylation sites is 1. The van der Waals surface area contributed by atoms with Crippen LogP contribution in [-0.2, 0) is 11.3 Å². The molecule has 1 aromatic rings. The molecule has 0 fully saturated rings. The summed E-state index contributed by atoms with van der Waals surface area (Å²) in [5, 5.41) is 5.66. The first-order valence-corrected chi connectivity index (χ1v) is 6.25. The third-order valence-corrected chi connectivity index (χ3v) is 2.36. The average Bonchev–Trinajstić information content (AvgIpc) is 2.35. The van der Waals surface area contributed by atoms with Crippen LogP contribution in [0.5, 0.6) is 5.75 Å². The summed E-state index contributed by atoms with van der Waals surface area (Å²) in [6, 6.07) is 7.79. The fraction of sp³-hybridized carbons (Fsp3) is 0.500. The van der Waals surface area contributed by atoms with Crippen molar-refractivity contribution >= 4 is 18.3 Å². The van der Waals surface area contributed by atoms with Crippen LogP contribution in [0.3, 0.4) is 0 Å². The molecule has 0 aromatic heterocycles. The van der Waals surface area contributed by atoms with Crippen LogP contribution in [0.4, 0.5) is 0 Å². The summed E-state index contributed by atoms with van der Waals surface area (Å²) in [5.74, 6) is 1.31. The summed E-state index contributed by atoms with van der Waals surface area (Å²) in [6.45, 7) is 5.72. The van der Waals surface area contributed by atoms with Gasteiger partial charge in [0.1, 0.15) is 5.75 Å². The zero-order valence-electron chi connectivity index (χ0n) is 11.7. The lowest BCUT2D eigenvalue weighted by Gasteiger charge is -2.13. The van der Waals surface area contributed by atoms with Crippen molar-refractivity contribution in [2.24, 2.45) is 5.92 Å². The van der Waals surface area contributed by atoms with E-state index in [1.807, 2.05) is 24.3 Å². The predicted molar refractivity (Wildman–Crippen MR) is 79.8 cm³/mol. The number of hydrogen-bond acceptors (Lipinski definition) is 3. The molecule has 0 aliphatic carbocycles. The van der Waals surface area contributed by atoms with E-state index in [1.54, 1.807) is 7.05 Å². The van der Waals surface area contributed by atoms with Gasteiger partial charge in [-0.1, -0.05) is 32.0 Å². The highest BCUT2D eigenvalue weighted by Crippen LogP contribution is 2.18. The zero-order valence-corrected chi connectivity index (χ0v) is 12.5. The number of carbonyl (C=O) groups excluding carboxylic acids is 1. The van der Waals surface area contributed by atoms with E-state index in [4.69, 9.17) is 4.74 Å². The molecule has 0 radical (unpaired) electrons. The number of likely N-dealkylation sites (N-methyl/N-ethyl adjacent to an activating group) is 1. The minimum atomic E-state index is -0.0174. The molecule has 0 spiro atoms. The fourth-order valence-electron chi connectivity index (χ4n) is 1.46. The van der Waals surface area contributed by atoms with Gasteiger partial charge in [-0.2, -0.15) is 0 Å². The summed E-state index contributed by atoms with van der Waals surface area (Å²) in [7, 11) is 1.75. The molecule has 0 atom stereocenters. The number of amides is 1. The van der Waals surface area contributed by atoms with Crippen LogP contribution in [0, 0.1) is 5.92 Å². The van der Waals surface area contributed by atoms with Crippen LogP contribution < -0.4 is 15.4 Å². The van der Waals surface area contributed by atoms with E-state index in [0.29, 0.717) is 25.6 Å². The van der Waals surface area contributed by atoms with E-state index in [-0.39, 0.29) is 18.3 Å². The summed E-state index contributed by atoms with van der Waals surface area (Å²) < 4.78 is 5.72.